The summed E-state index contributed by atoms with van der Waals surface area (Å²) in [6.45, 7) is 3.92. The van der Waals surface area contributed by atoms with Crippen molar-refractivity contribution in [3.63, 3.8) is 0 Å². The van der Waals surface area contributed by atoms with E-state index in [0.717, 1.165) is 35.7 Å². The van der Waals surface area contributed by atoms with Crippen molar-refractivity contribution in [3.8, 4) is 16.3 Å². The lowest BCUT2D eigenvalue weighted by Crippen LogP contribution is -2.10. The number of aryl methyl sites for hydroxylation is 1. The van der Waals surface area contributed by atoms with Gasteiger partial charge in [0.2, 0.25) is 5.95 Å². The average Bonchev–Trinajstić information content (AvgIpc) is 3.43. The van der Waals surface area contributed by atoms with Crippen LogP contribution in [-0.4, -0.2) is 48.1 Å². The van der Waals surface area contributed by atoms with E-state index in [9.17, 15) is 4.79 Å². The van der Waals surface area contributed by atoms with E-state index in [1.54, 1.807) is 24.5 Å². The quantitative estimate of drug-likeness (QED) is 0.240. The number of nitrogens with one attached hydrogen (secondary N) is 2. The summed E-state index contributed by atoms with van der Waals surface area (Å²) < 4.78 is 1.82. The monoisotopic (exact) mass is 496 g/mol. The number of hydrogen-bond acceptors (Lipinski definition) is 8. The molecular formula is C23H24N6O5S. The van der Waals surface area contributed by atoms with E-state index in [-0.39, 0.29) is 5.56 Å². The maximum Gasteiger partial charge on any atom is 0.300 e. The zero-order chi connectivity index (χ0) is 25.8. The Morgan fingerprint density at radius 1 is 1.11 bits per heavy atom. The van der Waals surface area contributed by atoms with Crippen LogP contribution in [0.1, 0.15) is 25.1 Å². The molecule has 3 heterocycles. The fraction of sp³-hybridized carbons (Fsp3) is 0.130. The predicted molar refractivity (Wildman–Crippen MR) is 134 cm³/mol. The largest absolute Gasteiger partial charge is 0.481 e. The maximum absolute atomic E-state index is 11.5. The Balaban J connectivity index is 0.000000473. The van der Waals surface area contributed by atoms with Crippen LogP contribution in [-0.2, 0) is 9.59 Å². The predicted octanol–water partition coefficient (Wildman–Crippen LogP) is 3.62. The summed E-state index contributed by atoms with van der Waals surface area (Å²) >= 11 is 1.61. The number of rotatable bonds is 5. The van der Waals surface area contributed by atoms with E-state index in [0.29, 0.717) is 11.6 Å². The van der Waals surface area contributed by atoms with Gasteiger partial charge in [0.25, 0.3) is 17.5 Å². The topological polar surface area (TPSA) is 163 Å². The second-order valence-corrected chi connectivity index (χ2v) is 7.78. The summed E-state index contributed by atoms with van der Waals surface area (Å²) in [5, 5.41) is 25.8. The molecule has 0 bridgehead atoms. The number of carbonyl (C=O) groups is 2. The summed E-state index contributed by atoms with van der Waals surface area (Å²) in [5.41, 5.74) is 5.81. The minimum Gasteiger partial charge on any atom is -0.481 e. The third-order valence-electron chi connectivity index (χ3n) is 3.76. The number of thiophene rings is 1. The zero-order valence-electron chi connectivity index (χ0n) is 19.2. The third-order valence-corrected chi connectivity index (χ3v) is 4.64. The molecule has 0 saturated carbocycles. The number of carboxylic acid groups (broad SMARTS) is 2. The molecule has 4 rings (SSSR count). The minimum atomic E-state index is -0.833. The lowest BCUT2D eigenvalue weighted by Gasteiger charge is -1.99. The summed E-state index contributed by atoms with van der Waals surface area (Å²) in [6, 6.07) is 15.3. The molecule has 0 aliphatic rings. The molecule has 4 N–H and O–H groups in total. The van der Waals surface area contributed by atoms with Crippen molar-refractivity contribution < 1.29 is 19.8 Å². The van der Waals surface area contributed by atoms with Crippen LogP contribution in [0.15, 0.2) is 70.0 Å². The van der Waals surface area contributed by atoms with Crippen LogP contribution < -0.4 is 11.0 Å². The highest BCUT2D eigenvalue weighted by atomic mass is 32.1. The van der Waals surface area contributed by atoms with Crippen LogP contribution in [0.3, 0.4) is 0 Å². The second kappa shape index (κ2) is 13.2. The van der Waals surface area contributed by atoms with E-state index in [1.807, 2.05) is 58.7 Å². The van der Waals surface area contributed by atoms with Crippen molar-refractivity contribution in [3.05, 3.63) is 81.7 Å². The van der Waals surface area contributed by atoms with Crippen molar-refractivity contribution in [2.75, 3.05) is 5.43 Å². The van der Waals surface area contributed by atoms with Gasteiger partial charge in [0.15, 0.2) is 0 Å². The number of hydrazone groups is 1. The molecule has 3 aromatic heterocycles. The molecule has 12 heteroatoms. The molecular weight excluding hydrogens is 472 g/mol. The number of H-pyrrole nitrogens is 1. The molecule has 0 saturated heterocycles. The van der Waals surface area contributed by atoms with Gasteiger partial charge in [-0.2, -0.15) is 10.2 Å². The lowest BCUT2D eigenvalue weighted by atomic mass is 10.2. The van der Waals surface area contributed by atoms with Gasteiger partial charge in [-0.25, -0.2) is 15.1 Å². The van der Waals surface area contributed by atoms with Gasteiger partial charge in [0.05, 0.1) is 16.8 Å². The number of para-hydroxylation sites is 1. The smallest absolute Gasteiger partial charge is 0.300 e. The first-order chi connectivity index (χ1) is 16.7. The van der Waals surface area contributed by atoms with Crippen molar-refractivity contribution in [2.45, 2.75) is 20.8 Å². The van der Waals surface area contributed by atoms with E-state index in [2.05, 4.69) is 20.5 Å². The van der Waals surface area contributed by atoms with Gasteiger partial charge in [0.1, 0.15) is 5.69 Å². The van der Waals surface area contributed by atoms with Crippen LogP contribution in [0.4, 0.5) is 5.95 Å². The van der Waals surface area contributed by atoms with Crippen molar-refractivity contribution >= 4 is 35.4 Å². The molecule has 0 aliphatic heterocycles. The number of benzene rings is 1. The lowest BCUT2D eigenvalue weighted by molar-refractivity contribution is -0.135. The molecule has 4 aromatic rings. The molecule has 0 fully saturated rings. The van der Waals surface area contributed by atoms with E-state index < -0.39 is 11.9 Å². The van der Waals surface area contributed by atoms with E-state index >= 15 is 0 Å². The van der Waals surface area contributed by atoms with Crippen molar-refractivity contribution in [1.82, 2.24) is 19.7 Å². The van der Waals surface area contributed by atoms with E-state index in [4.69, 9.17) is 24.9 Å². The number of carboxylic acids is 2. The Kier molecular flexibility index (Phi) is 10.1. The summed E-state index contributed by atoms with van der Waals surface area (Å²) in [7, 11) is 0. The van der Waals surface area contributed by atoms with Gasteiger partial charge in [-0.05, 0) is 30.5 Å². The molecule has 0 unspecified atom stereocenters. The van der Waals surface area contributed by atoms with Crippen LogP contribution in [0, 0.1) is 6.92 Å². The standard InChI is InChI=1S/C19H16N6OS.2C2H4O2/c1-13-10-17(26)22-19(21-13)23-20-11-14-12-25(15-6-3-2-4-7-15)24-18(14)16-8-5-9-27-16;2*1-2(3)4/h2-12H,1H3,(H2,21,22,23,26);2*1H3,(H,3,4). The summed E-state index contributed by atoms with van der Waals surface area (Å²) in [4.78, 5) is 37.4. The Hall–Kier alpha value is -4.58. The van der Waals surface area contributed by atoms with Crippen LogP contribution >= 0.6 is 11.3 Å². The highest BCUT2D eigenvalue weighted by molar-refractivity contribution is 7.13. The summed E-state index contributed by atoms with van der Waals surface area (Å²) in [6.07, 6.45) is 3.59. The van der Waals surface area contributed by atoms with Gasteiger partial charge in [-0.1, -0.05) is 24.3 Å². The van der Waals surface area contributed by atoms with Crippen molar-refractivity contribution in [1.29, 1.82) is 0 Å². The highest BCUT2D eigenvalue weighted by Crippen LogP contribution is 2.26. The Morgan fingerprint density at radius 2 is 1.77 bits per heavy atom. The Morgan fingerprint density at radius 3 is 2.34 bits per heavy atom. The Labute approximate surface area is 204 Å². The molecule has 0 radical (unpaired) electrons. The number of aromatic amines is 1. The summed E-state index contributed by atoms with van der Waals surface area (Å²) in [5.74, 6) is -1.37. The highest BCUT2D eigenvalue weighted by Gasteiger charge is 2.11. The fourth-order valence-corrected chi connectivity index (χ4v) is 3.33. The number of hydrogen-bond donors (Lipinski definition) is 4. The SMILES string of the molecule is CC(=O)O.CC(=O)O.Cc1cc(=O)[nH]c(NN=Cc2cn(-c3ccccc3)nc2-c2cccs2)n1. The van der Waals surface area contributed by atoms with E-state index in [1.165, 1.54) is 6.07 Å². The first-order valence-electron chi connectivity index (χ1n) is 10.1. The molecule has 1 aromatic carbocycles. The number of aromatic nitrogens is 4. The van der Waals surface area contributed by atoms with Gasteiger partial charge < -0.3 is 10.2 Å². The first kappa shape index (κ1) is 26.7. The molecule has 0 amide bonds. The molecule has 35 heavy (non-hydrogen) atoms. The number of nitrogens with zero attached hydrogens (tertiary/aromatic N) is 4. The van der Waals surface area contributed by atoms with Gasteiger partial charge in [0, 0.05) is 37.4 Å². The molecule has 11 nitrogen and oxygen atoms in total. The van der Waals surface area contributed by atoms with Gasteiger partial charge >= 0.3 is 0 Å². The number of aliphatic carboxylic acids is 2. The molecule has 182 valence electrons. The average molecular weight is 497 g/mol. The minimum absolute atomic E-state index is 0.226. The van der Waals surface area contributed by atoms with Gasteiger partial charge in [-0.3, -0.25) is 19.4 Å². The van der Waals surface area contributed by atoms with Crippen molar-refractivity contribution in [2.24, 2.45) is 5.10 Å². The third kappa shape index (κ3) is 9.43. The van der Waals surface area contributed by atoms with Gasteiger partial charge in [-0.15, -0.1) is 11.3 Å². The zero-order valence-corrected chi connectivity index (χ0v) is 20.0. The number of anilines is 1. The normalized spacial score (nSPS) is 10.0. The molecule has 0 aliphatic carbocycles. The van der Waals surface area contributed by atoms with Crippen LogP contribution in [0.25, 0.3) is 16.3 Å². The van der Waals surface area contributed by atoms with Crippen LogP contribution in [0.5, 0.6) is 0 Å². The molecule has 0 spiro atoms. The fourth-order valence-electron chi connectivity index (χ4n) is 2.59. The second-order valence-electron chi connectivity index (χ2n) is 6.83. The first-order valence-corrected chi connectivity index (χ1v) is 11.0. The Bertz CT molecular complexity index is 1310. The van der Waals surface area contributed by atoms with Crippen LogP contribution in [0.2, 0.25) is 0 Å². The maximum atomic E-state index is 11.5. The molecule has 0 atom stereocenters.